The second kappa shape index (κ2) is 7.35. The first-order chi connectivity index (χ1) is 13.9. The molecule has 2 aromatic carbocycles. The average molecular weight is 390 g/mol. The second-order valence-corrected chi connectivity index (χ2v) is 6.89. The van der Waals surface area contributed by atoms with Crippen molar-refractivity contribution >= 4 is 28.4 Å². The minimum Gasteiger partial charge on any atom is -0.342 e. The van der Waals surface area contributed by atoms with Gasteiger partial charge in [0.2, 0.25) is 0 Å². The number of carbonyl (C=O) groups excluding carboxylic acids is 2. The number of rotatable bonds is 5. The van der Waals surface area contributed by atoms with E-state index in [0.29, 0.717) is 23.3 Å². The van der Waals surface area contributed by atoms with Crippen LogP contribution in [0.2, 0.25) is 0 Å². The SMILES string of the molecule is Cc1cc(NC(=O)C(=O)c2cn(Cc3ccc(F)cc3)c3ccccc23)n(C)n1. The van der Waals surface area contributed by atoms with Crippen molar-refractivity contribution in [1.82, 2.24) is 14.3 Å². The summed E-state index contributed by atoms with van der Waals surface area (Å²) in [6, 6.07) is 15.3. The van der Waals surface area contributed by atoms with Crippen LogP contribution < -0.4 is 5.32 Å². The molecule has 7 heteroatoms. The summed E-state index contributed by atoms with van der Waals surface area (Å²) in [6.07, 6.45) is 1.67. The minimum atomic E-state index is -0.724. The maximum Gasteiger partial charge on any atom is 0.297 e. The van der Waals surface area contributed by atoms with Gasteiger partial charge in [0, 0.05) is 36.8 Å². The van der Waals surface area contributed by atoms with Crippen LogP contribution in [0.1, 0.15) is 21.6 Å². The van der Waals surface area contributed by atoms with Crippen LogP contribution in [0.15, 0.2) is 60.8 Å². The Kier molecular flexibility index (Phi) is 4.72. The van der Waals surface area contributed by atoms with Gasteiger partial charge < -0.3 is 9.88 Å². The standard InChI is InChI=1S/C22H19FN4O2/c1-14-11-20(26(2)25-14)24-22(29)21(28)18-13-27(19-6-4-3-5-17(18)19)12-15-7-9-16(23)10-8-15/h3-11,13H,12H2,1-2H3,(H,24,29). The number of carbonyl (C=O) groups is 2. The van der Waals surface area contributed by atoms with E-state index in [1.165, 1.54) is 16.8 Å². The van der Waals surface area contributed by atoms with Gasteiger partial charge in [-0.25, -0.2) is 4.39 Å². The zero-order chi connectivity index (χ0) is 20.5. The maximum atomic E-state index is 13.2. The molecule has 0 saturated carbocycles. The van der Waals surface area contributed by atoms with E-state index in [4.69, 9.17) is 0 Å². The van der Waals surface area contributed by atoms with E-state index < -0.39 is 11.7 Å². The third kappa shape index (κ3) is 3.67. The van der Waals surface area contributed by atoms with Crippen LogP contribution in [0.5, 0.6) is 0 Å². The predicted octanol–water partition coefficient (Wildman–Crippen LogP) is 3.69. The summed E-state index contributed by atoms with van der Waals surface area (Å²) >= 11 is 0. The van der Waals surface area contributed by atoms with Crippen LogP contribution in [-0.2, 0) is 18.4 Å². The summed E-state index contributed by atoms with van der Waals surface area (Å²) in [5.41, 5.74) is 2.77. The normalized spacial score (nSPS) is 11.0. The molecule has 4 aromatic rings. The van der Waals surface area contributed by atoms with Crippen molar-refractivity contribution in [3.63, 3.8) is 0 Å². The van der Waals surface area contributed by atoms with Gasteiger partial charge >= 0.3 is 0 Å². The fraction of sp³-hybridized carbons (Fsp3) is 0.136. The van der Waals surface area contributed by atoms with Gasteiger partial charge in [-0.15, -0.1) is 0 Å². The number of fused-ring (bicyclic) bond motifs is 1. The summed E-state index contributed by atoms with van der Waals surface area (Å²) < 4.78 is 16.6. The Morgan fingerprint density at radius 2 is 1.83 bits per heavy atom. The number of nitrogens with one attached hydrogen (secondary N) is 1. The Bertz CT molecular complexity index is 1220. The zero-order valence-electron chi connectivity index (χ0n) is 16.0. The van der Waals surface area contributed by atoms with Crippen molar-refractivity contribution in [2.75, 3.05) is 5.32 Å². The fourth-order valence-electron chi connectivity index (χ4n) is 3.37. The molecule has 0 saturated heterocycles. The van der Waals surface area contributed by atoms with E-state index in [-0.39, 0.29) is 5.82 Å². The summed E-state index contributed by atoms with van der Waals surface area (Å²) in [7, 11) is 1.70. The molecule has 0 aliphatic rings. The van der Waals surface area contributed by atoms with Crippen LogP contribution in [0.4, 0.5) is 10.2 Å². The molecule has 0 aliphatic carbocycles. The van der Waals surface area contributed by atoms with E-state index >= 15 is 0 Å². The number of Topliss-reactive ketones (excluding diaryl/α,β-unsaturated/α-hetero) is 1. The fourth-order valence-corrected chi connectivity index (χ4v) is 3.37. The molecule has 6 nitrogen and oxygen atoms in total. The number of halogens is 1. The molecule has 0 bridgehead atoms. The van der Waals surface area contributed by atoms with E-state index in [1.54, 1.807) is 38.4 Å². The van der Waals surface area contributed by atoms with Crippen LogP contribution in [0, 0.1) is 12.7 Å². The number of para-hydroxylation sites is 1. The minimum absolute atomic E-state index is 0.302. The van der Waals surface area contributed by atoms with E-state index in [2.05, 4.69) is 10.4 Å². The number of aromatic nitrogens is 3. The summed E-state index contributed by atoms with van der Waals surface area (Å²) in [4.78, 5) is 25.5. The van der Waals surface area contributed by atoms with Gasteiger partial charge in [-0.3, -0.25) is 14.3 Å². The molecule has 2 heterocycles. The van der Waals surface area contributed by atoms with Crippen molar-refractivity contribution in [2.24, 2.45) is 7.05 Å². The third-order valence-electron chi connectivity index (χ3n) is 4.75. The lowest BCUT2D eigenvalue weighted by molar-refractivity contribution is -0.112. The molecular formula is C22H19FN4O2. The molecule has 0 unspecified atom stereocenters. The first kappa shape index (κ1) is 18.6. The highest BCUT2D eigenvalue weighted by Crippen LogP contribution is 2.23. The largest absolute Gasteiger partial charge is 0.342 e. The Morgan fingerprint density at radius 1 is 1.10 bits per heavy atom. The number of benzene rings is 2. The molecule has 0 aliphatic heterocycles. The van der Waals surface area contributed by atoms with Gasteiger partial charge in [0.1, 0.15) is 11.6 Å². The molecule has 0 radical (unpaired) electrons. The Balaban J connectivity index is 1.66. The molecule has 0 fully saturated rings. The number of amides is 1. The van der Waals surface area contributed by atoms with Gasteiger partial charge in [0.05, 0.1) is 11.3 Å². The average Bonchev–Trinajstić information content (AvgIpc) is 3.22. The van der Waals surface area contributed by atoms with E-state index in [0.717, 1.165) is 16.8 Å². The highest BCUT2D eigenvalue weighted by atomic mass is 19.1. The number of nitrogens with zero attached hydrogens (tertiary/aromatic N) is 3. The predicted molar refractivity (Wildman–Crippen MR) is 108 cm³/mol. The number of anilines is 1. The number of ketones is 1. The number of aryl methyl sites for hydroxylation is 2. The Labute approximate surface area is 166 Å². The summed E-state index contributed by atoms with van der Waals surface area (Å²) in [5.74, 6) is -1.20. The van der Waals surface area contributed by atoms with Crippen molar-refractivity contribution in [2.45, 2.75) is 13.5 Å². The Hall–Kier alpha value is -3.74. The number of hydrogen-bond donors (Lipinski definition) is 1. The van der Waals surface area contributed by atoms with Crippen LogP contribution in [0.3, 0.4) is 0 Å². The molecule has 0 atom stereocenters. The highest BCUT2D eigenvalue weighted by molar-refractivity contribution is 6.48. The molecule has 1 N–H and O–H groups in total. The second-order valence-electron chi connectivity index (χ2n) is 6.89. The smallest absolute Gasteiger partial charge is 0.297 e. The molecule has 4 rings (SSSR count). The van der Waals surface area contributed by atoms with Crippen molar-refractivity contribution < 1.29 is 14.0 Å². The summed E-state index contributed by atoms with van der Waals surface area (Å²) in [5, 5.41) is 7.47. The van der Waals surface area contributed by atoms with Crippen LogP contribution in [-0.4, -0.2) is 26.0 Å². The van der Waals surface area contributed by atoms with Crippen molar-refractivity contribution in [1.29, 1.82) is 0 Å². The van der Waals surface area contributed by atoms with Gasteiger partial charge in [-0.1, -0.05) is 30.3 Å². The summed E-state index contributed by atoms with van der Waals surface area (Å²) in [6.45, 7) is 2.26. The lowest BCUT2D eigenvalue weighted by atomic mass is 10.1. The van der Waals surface area contributed by atoms with Crippen LogP contribution in [0.25, 0.3) is 10.9 Å². The van der Waals surface area contributed by atoms with Crippen molar-refractivity contribution in [3.8, 4) is 0 Å². The quantitative estimate of drug-likeness (QED) is 0.417. The van der Waals surface area contributed by atoms with Crippen molar-refractivity contribution in [3.05, 3.63) is 83.4 Å². The zero-order valence-corrected chi connectivity index (χ0v) is 16.0. The maximum absolute atomic E-state index is 13.2. The molecule has 1 amide bonds. The molecular weight excluding hydrogens is 371 g/mol. The highest BCUT2D eigenvalue weighted by Gasteiger charge is 2.22. The van der Waals surface area contributed by atoms with Gasteiger partial charge in [-0.2, -0.15) is 5.10 Å². The van der Waals surface area contributed by atoms with Gasteiger partial charge in [0.25, 0.3) is 11.7 Å². The van der Waals surface area contributed by atoms with Gasteiger partial charge in [-0.05, 0) is 30.7 Å². The lowest BCUT2D eigenvalue weighted by Gasteiger charge is -2.05. The third-order valence-corrected chi connectivity index (χ3v) is 4.75. The molecule has 2 aromatic heterocycles. The van der Waals surface area contributed by atoms with Gasteiger partial charge in [0.15, 0.2) is 0 Å². The molecule has 146 valence electrons. The number of hydrogen-bond acceptors (Lipinski definition) is 3. The lowest BCUT2D eigenvalue weighted by Crippen LogP contribution is -2.24. The monoisotopic (exact) mass is 390 g/mol. The molecule has 29 heavy (non-hydrogen) atoms. The first-order valence-electron chi connectivity index (χ1n) is 9.11. The van der Waals surface area contributed by atoms with E-state index in [1.807, 2.05) is 28.8 Å². The first-order valence-corrected chi connectivity index (χ1v) is 9.11. The topological polar surface area (TPSA) is 68.9 Å². The Morgan fingerprint density at radius 3 is 2.52 bits per heavy atom. The molecule has 0 spiro atoms. The van der Waals surface area contributed by atoms with Crippen LogP contribution >= 0.6 is 0 Å². The van der Waals surface area contributed by atoms with E-state index in [9.17, 15) is 14.0 Å².